The topological polar surface area (TPSA) is 12.0 Å². The van der Waals surface area contributed by atoms with Crippen molar-refractivity contribution in [3.05, 3.63) is 35.1 Å². The molecule has 14 heavy (non-hydrogen) atoms. The minimum Gasteiger partial charge on any atom is -0.307 e. The van der Waals surface area contributed by atoms with E-state index < -0.39 is 6.17 Å². The van der Waals surface area contributed by atoms with Crippen LogP contribution in [0.4, 0.5) is 8.78 Å². The van der Waals surface area contributed by atoms with Crippen LogP contribution in [0, 0.1) is 12.7 Å². The van der Waals surface area contributed by atoms with Crippen molar-refractivity contribution in [2.45, 2.75) is 25.6 Å². The summed E-state index contributed by atoms with van der Waals surface area (Å²) in [4.78, 5) is 0. The van der Waals surface area contributed by atoms with Gasteiger partial charge >= 0.3 is 0 Å². The molecule has 0 unspecified atom stereocenters. The van der Waals surface area contributed by atoms with Gasteiger partial charge in [-0.25, -0.2) is 8.78 Å². The number of halogens is 2. The van der Waals surface area contributed by atoms with Gasteiger partial charge in [0.15, 0.2) is 0 Å². The summed E-state index contributed by atoms with van der Waals surface area (Å²) < 4.78 is 26.0. The second-order valence-electron chi connectivity index (χ2n) is 3.86. The van der Waals surface area contributed by atoms with Crippen LogP contribution in [0.15, 0.2) is 18.2 Å². The Morgan fingerprint density at radius 2 is 2.14 bits per heavy atom. The van der Waals surface area contributed by atoms with Crippen molar-refractivity contribution < 1.29 is 8.78 Å². The maximum Gasteiger partial charge on any atom is 0.123 e. The van der Waals surface area contributed by atoms with E-state index in [1.54, 1.807) is 0 Å². The van der Waals surface area contributed by atoms with Gasteiger partial charge in [0.25, 0.3) is 0 Å². The number of aryl methyl sites for hydroxylation is 1. The van der Waals surface area contributed by atoms with Gasteiger partial charge in [0.05, 0.1) is 0 Å². The van der Waals surface area contributed by atoms with E-state index in [1.165, 1.54) is 12.1 Å². The number of hydrogen-bond donors (Lipinski definition) is 1. The van der Waals surface area contributed by atoms with Gasteiger partial charge in [-0.1, -0.05) is 6.07 Å². The zero-order chi connectivity index (χ0) is 10.1. The first-order valence-corrected chi connectivity index (χ1v) is 4.79. The third-order valence-electron chi connectivity index (χ3n) is 2.54. The SMILES string of the molecule is Cc1cc(F)cc([C@H]2C[C@H](F)CN2)c1. The molecule has 1 heterocycles. The molecule has 2 atom stereocenters. The fraction of sp³-hybridized carbons (Fsp3) is 0.455. The lowest BCUT2D eigenvalue weighted by Gasteiger charge is -2.11. The molecule has 0 bridgehead atoms. The molecule has 0 saturated carbocycles. The second-order valence-corrected chi connectivity index (χ2v) is 3.86. The van der Waals surface area contributed by atoms with Crippen LogP contribution >= 0.6 is 0 Å². The van der Waals surface area contributed by atoms with Gasteiger partial charge in [0.1, 0.15) is 12.0 Å². The van der Waals surface area contributed by atoms with E-state index in [2.05, 4.69) is 5.32 Å². The largest absolute Gasteiger partial charge is 0.307 e. The predicted molar refractivity (Wildman–Crippen MR) is 51.4 cm³/mol. The van der Waals surface area contributed by atoms with Crippen molar-refractivity contribution in [1.29, 1.82) is 0 Å². The molecule has 76 valence electrons. The Labute approximate surface area is 82.1 Å². The molecule has 1 aromatic rings. The van der Waals surface area contributed by atoms with E-state index in [1.807, 2.05) is 13.0 Å². The molecule has 0 aromatic heterocycles. The molecule has 0 amide bonds. The van der Waals surface area contributed by atoms with E-state index in [9.17, 15) is 8.78 Å². The molecule has 1 aliphatic rings. The molecule has 3 heteroatoms. The van der Waals surface area contributed by atoms with Crippen LogP contribution < -0.4 is 5.32 Å². The average molecular weight is 197 g/mol. The molecule has 1 fully saturated rings. The van der Waals surface area contributed by atoms with Crippen molar-refractivity contribution in [3.63, 3.8) is 0 Å². The van der Waals surface area contributed by atoms with Crippen LogP contribution in [0.2, 0.25) is 0 Å². The normalized spacial score (nSPS) is 26.8. The Bertz CT molecular complexity index is 318. The van der Waals surface area contributed by atoms with E-state index >= 15 is 0 Å². The lowest BCUT2D eigenvalue weighted by atomic mass is 10.0. The third-order valence-corrected chi connectivity index (χ3v) is 2.54. The third kappa shape index (κ3) is 1.93. The maximum absolute atomic E-state index is 13.1. The van der Waals surface area contributed by atoms with Gasteiger partial charge in [0.2, 0.25) is 0 Å². The maximum atomic E-state index is 13.1. The minimum absolute atomic E-state index is 0.0283. The highest BCUT2D eigenvalue weighted by molar-refractivity contribution is 5.27. The van der Waals surface area contributed by atoms with E-state index in [4.69, 9.17) is 0 Å². The standard InChI is InChI=1S/C11H13F2N/c1-7-2-8(4-9(12)3-7)11-5-10(13)6-14-11/h2-4,10-11,14H,5-6H2,1H3/t10-,11+/m0/s1. The van der Waals surface area contributed by atoms with Crippen LogP contribution in [0.25, 0.3) is 0 Å². The average Bonchev–Trinajstić information content (AvgIpc) is 2.50. The molecule has 1 N–H and O–H groups in total. The summed E-state index contributed by atoms with van der Waals surface area (Å²) in [5.74, 6) is -0.246. The highest BCUT2D eigenvalue weighted by Crippen LogP contribution is 2.26. The molecular weight excluding hydrogens is 184 g/mol. The zero-order valence-corrected chi connectivity index (χ0v) is 8.06. The van der Waals surface area contributed by atoms with Gasteiger partial charge in [-0.3, -0.25) is 0 Å². The number of alkyl halides is 1. The number of rotatable bonds is 1. The summed E-state index contributed by atoms with van der Waals surface area (Å²) in [6, 6.07) is 4.83. The van der Waals surface area contributed by atoms with Gasteiger partial charge in [-0.05, 0) is 36.6 Å². The lowest BCUT2D eigenvalue weighted by molar-refractivity contribution is 0.356. The summed E-state index contributed by atoms with van der Waals surface area (Å²) in [5.41, 5.74) is 1.73. The molecule has 2 rings (SSSR count). The fourth-order valence-corrected chi connectivity index (χ4v) is 1.91. The van der Waals surface area contributed by atoms with Crippen LogP contribution in [0.5, 0.6) is 0 Å². The molecular formula is C11H13F2N. The number of nitrogens with one attached hydrogen (secondary N) is 1. The first kappa shape index (κ1) is 9.59. The summed E-state index contributed by atoms with van der Waals surface area (Å²) >= 11 is 0. The molecule has 1 saturated heterocycles. The lowest BCUT2D eigenvalue weighted by Crippen LogP contribution is -2.14. The van der Waals surface area contributed by atoms with Gasteiger partial charge < -0.3 is 5.32 Å². The highest BCUT2D eigenvalue weighted by Gasteiger charge is 2.24. The summed E-state index contributed by atoms with van der Waals surface area (Å²) in [6.45, 7) is 2.22. The zero-order valence-electron chi connectivity index (χ0n) is 8.06. The Balaban J connectivity index is 2.23. The smallest absolute Gasteiger partial charge is 0.123 e. The Kier molecular flexibility index (Phi) is 2.50. The van der Waals surface area contributed by atoms with Crippen LogP contribution in [-0.4, -0.2) is 12.7 Å². The van der Waals surface area contributed by atoms with Crippen molar-refractivity contribution in [3.8, 4) is 0 Å². The van der Waals surface area contributed by atoms with E-state index in [-0.39, 0.29) is 11.9 Å². The van der Waals surface area contributed by atoms with Crippen LogP contribution in [0.1, 0.15) is 23.6 Å². The van der Waals surface area contributed by atoms with E-state index in [0.29, 0.717) is 13.0 Å². The first-order chi connectivity index (χ1) is 6.65. The summed E-state index contributed by atoms with van der Waals surface area (Å²) in [5, 5.41) is 3.04. The van der Waals surface area contributed by atoms with Crippen LogP contribution in [-0.2, 0) is 0 Å². The minimum atomic E-state index is -0.802. The van der Waals surface area contributed by atoms with Crippen molar-refractivity contribution in [2.24, 2.45) is 0 Å². The van der Waals surface area contributed by atoms with Gasteiger partial charge in [0, 0.05) is 12.6 Å². The molecule has 1 aliphatic heterocycles. The van der Waals surface area contributed by atoms with Crippen molar-refractivity contribution in [2.75, 3.05) is 6.54 Å². The molecule has 0 aliphatic carbocycles. The Hall–Kier alpha value is -0.960. The van der Waals surface area contributed by atoms with Crippen LogP contribution in [0.3, 0.4) is 0 Å². The first-order valence-electron chi connectivity index (χ1n) is 4.79. The Morgan fingerprint density at radius 1 is 1.36 bits per heavy atom. The molecule has 1 nitrogen and oxygen atoms in total. The summed E-state index contributed by atoms with van der Waals surface area (Å²) in [6.07, 6.45) is -0.355. The quantitative estimate of drug-likeness (QED) is 0.729. The number of hydrogen-bond acceptors (Lipinski definition) is 1. The fourth-order valence-electron chi connectivity index (χ4n) is 1.91. The molecule has 0 spiro atoms. The predicted octanol–water partition coefficient (Wildman–Crippen LogP) is 2.51. The number of benzene rings is 1. The monoisotopic (exact) mass is 197 g/mol. The van der Waals surface area contributed by atoms with Crippen molar-refractivity contribution in [1.82, 2.24) is 5.32 Å². The highest BCUT2D eigenvalue weighted by atomic mass is 19.1. The van der Waals surface area contributed by atoms with Gasteiger partial charge in [-0.2, -0.15) is 0 Å². The van der Waals surface area contributed by atoms with Crippen molar-refractivity contribution >= 4 is 0 Å². The molecule has 0 radical (unpaired) electrons. The Morgan fingerprint density at radius 3 is 2.71 bits per heavy atom. The molecule has 1 aromatic carbocycles. The summed E-state index contributed by atoms with van der Waals surface area (Å²) in [7, 11) is 0. The second kappa shape index (κ2) is 3.65. The van der Waals surface area contributed by atoms with Gasteiger partial charge in [-0.15, -0.1) is 0 Å². The van der Waals surface area contributed by atoms with E-state index in [0.717, 1.165) is 11.1 Å².